The van der Waals surface area contributed by atoms with E-state index in [1.165, 1.54) is 0 Å². The number of ketones is 1. The first-order valence-electron chi connectivity index (χ1n) is 5.37. The van der Waals surface area contributed by atoms with Gasteiger partial charge in [-0.3, -0.25) is 9.59 Å². The summed E-state index contributed by atoms with van der Waals surface area (Å²) in [5.74, 6) is -2.47. The molecule has 0 rings (SSSR count). The summed E-state index contributed by atoms with van der Waals surface area (Å²) in [5, 5.41) is 4.44. The summed E-state index contributed by atoms with van der Waals surface area (Å²) >= 11 is 0.667. The van der Waals surface area contributed by atoms with E-state index in [0.717, 1.165) is 0 Å². The molecule has 0 amide bonds. The Kier molecular flexibility index (Phi) is 8.69. The normalized spacial score (nSPS) is 11.3. The number of hydrogen-bond donors (Lipinski definition) is 0. The second-order valence-electron chi connectivity index (χ2n) is 5.81. The summed E-state index contributed by atoms with van der Waals surface area (Å²) in [6.07, 6.45) is 0. The van der Waals surface area contributed by atoms with Crippen molar-refractivity contribution >= 4 is 17.7 Å². The van der Waals surface area contributed by atoms with Crippen LogP contribution in [0, 0.1) is 10.8 Å². The van der Waals surface area contributed by atoms with Crippen LogP contribution in [0.25, 0.3) is 0 Å². The molecule has 0 heterocycles. The van der Waals surface area contributed by atoms with E-state index in [9.17, 15) is 14.4 Å². The number of hydrogen-bond acceptors (Lipinski definition) is 4. The zero-order valence-electron chi connectivity index (χ0n) is 12.4. The molecule has 0 radical (unpaired) electrons. The fourth-order valence-electron chi connectivity index (χ4n) is 0.590. The topological polar surface area (TPSA) is 60.4 Å². The minimum absolute atomic E-state index is 0.667. The van der Waals surface area contributed by atoms with E-state index < -0.39 is 28.6 Å². The van der Waals surface area contributed by atoms with E-state index in [1.54, 1.807) is 41.5 Å². The summed E-state index contributed by atoms with van der Waals surface area (Å²) in [7, 11) is 0. The number of carbonyl (C=O) groups excluding carboxylic acids is 3. The van der Waals surface area contributed by atoms with Gasteiger partial charge in [0.15, 0.2) is 0 Å². The van der Waals surface area contributed by atoms with Crippen LogP contribution >= 0.6 is 0 Å². The molecule has 0 aromatic heterocycles. The van der Waals surface area contributed by atoms with Gasteiger partial charge in [0.2, 0.25) is 5.78 Å². The molecule has 0 aromatic rings. The molecule has 0 fully saturated rings. The summed E-state index contributed by atoms with van der Waals surface area (Å²) in [4.78, 5) is 34.0. The van der Waals surface area contributed by atoms with E-state index >= 15 is 0 Å². The number of carbonyl (C=O) groups is 3. The van der Waals surface area contributed by atoms with Crippen molar-refractivity contribution in [2.45, 2.75) is 51.8 Å². The molecule has 4 nitrogen and oxygen atoms in total. The predicted molar refractivity (Wildman–Crippen MR) is 66.7 cm³/mol. The van der Waals surface area contributed by atoms with Gasteiger partial charge in [-0.15, -0.1) is 0 Å². The Bertz CT molecular complexity index is 308. The fourth-order valence-corrected chi connectivity index (χ4v) is 0.590. The molecular formula is C13H24AuO4. The average Bonchev–Trinajstić information content (AvgIpc) is 2.14. The average molecular weight is 441 g/mol. The van der Waals surface area contributed by atoms with Crippen molar-refractivity contribution < 1.29 is 38.9 Å². The van der Waals surface area contributed by atoms with E-state index in [-0.39, 0.29) is 0 Å². The van der Waals surface area contributed by atoms with Crippen LogP contribution in [-0.4, -0.2) is 17.7 Å². The number of esters is 2. The first kappa shape index (κ1) is 19.9. The molecule has 5 heteroatoms. The molecule has 0 unspecified atom stereocenters. The Labute approximate surface area is 119 Å². The van der Waals surface area contributed by atoms with Crippen molar-refractivity contribution in [1.29, 1.82) is 0 Å². The molecule has 0 N–H and O–H groups in total. The van der Waals surface area contributed by atoms with E-state index in [2.05, 4.69) is 15.0 Å². The van der Waals surface area contributed by atoms with Crippen LogP contribution in [-0.2, 0) is 38.9 Å². The quantitative estimate of drug-likeness (QED) is 0.272. The van der Waals surface area contributed by atoms with Crippen molar-refractivity contribution in [2.24, 2.45) is 10.8 Å². The van der Waals surface area contributed by atoms with Gasteiger partial charge in [-0.25, -0.2) is 4.79 Å². The molecule has 0 spiro atoms. The molecule has 0 aliphatic heterocycles. The molecule has 0 atom stereocenters. The Morgan fingerprint density at radius 2 is 1.17 bits per heavy atom. The molecule has 0 saturated carbocycles. The van der Waals surface area contributed by atoms with Gasteiger partial charge in [-0.1, -0.05) is 20.8 Å². The van der Waals surface area contributed by atoms with E-state index in [0.29, 0.717) is 19.8 Å². The number of Topliss-reactive ketones (excluding diaryl/α,β-unsaturated/α-hetero) is 1. The third kappa shape index (κ3) is 8.61. The molecule has 0 aromatic carbocycles. The van der Waals surface area contributed by atoms with Gasteiger partial charge in [0.25, 0.3) is 0 Å². The van der Waals surface area contributed by atoms with Gasteiger partial charge in [0.05, 0.1) is 5.41 Å². The van der Waals surface area contributed by atoms with Crippen LogP contribution in [0.1, 0.15) is 41.5 Å². The molecule has 0 bridgehead atoms. The molecule has 111 valence electrons. The second-order valence-corrected chi connectivity index (χ2v) is 7.97. The van der Waals surface area contributed by atoms with Crippen LogP contribution in [0.2, 0.25) is 10.3 Å². The van der Waals surface area contributed by atoms with Gasteiger partial charge < -0.3 is 4.74 Å². The van der Waals surface area contributed by atoms with Crippen molar-refractivity contribution in [3.63, 3.8) is 0 Å². The summed E-state index contributed by atoms with van der Waals surface area (Å²) < 4.78 is 4.48. The molecular weight excluding hydrogens is 417 g/mol. The monoisotopic (exact) mass is 441 g/mol. The minimum atomic E-state index is -1.08. The maximum atomic E-state index is 11.4. The van der Waals surface area contributed by atoms with Crippen LogP contribution in [0.3, 0.4) is 0 Å². The summed E-state index contributed by atoms with van der Waals surface area (Å²) in [5.41, 5.74) is -1.61. The third-order valence-electron chi connectivity index (χ3n) is 1.66. The molecule has 18 heavy (non-hydrogen) atoms. The Morgan fingerprint density at radius 1 is 0.833 bits per heavy atom. The van der Waals surface area contributed by atoms with Crippen LogP contribution < -0.4 is 0 Å². The van der Waals surface area contributed by atoms with Gasteiger partial charge in [0.1, 0.15) is 0 Å². The number of rotatable bonds is 1. The Morgan fingerprint density at radius 3 is 1.39 bits per heavy atom. The predicted octanol–water partition coefficient (Wildman–Crippen LogP) is 2.88. The first-order valence-corrected chi connectivity index (χ1v) is 9.71. The standard InChI is InChI=1S/C11H18O4.2CH3.Au/c1-10(2,3)7(12)8(13)15-9(14)11(4,5)6;;;/h1-6H3;2*1H3;. The van der Waals surface area contributed by atoms with Gasteiger partial charge >= 0.3 is 42.0 Å². The van der Waals surface area contributed by atoms with Crippen LogP contribution in [0.5, 0.6) is 0 Å². The zero-order chi connectivity index (χ0) is 15.1. The molecule has 0 saturated heterocycles. The van der Waals surface area contributed by atoms with Crippen molar-refractivity contribution in [1.82, 2.24) is 0 Å². The fraction of sp³-hybridized carbons (Fsp3) is 0.769. The van der Waals surface area contributed by atoms with Gasteiger partial charge in [-0.05, 0) is 20.8 Å². The number of ether oxygens (including phenoxy) is 1. The molecule has 0 aliphatic carbocycles. The van der Waals surface area contributed by atoms with Crippen LogP contribution in [0.4, 0.5) is 0 Å². The Balaban J connectivity index is 0. The van der Waals surface area contributed by atoms with E-state index in [4.69, 9.17) is 0 Å². The van der Waals surface area contributed by atoms with Gasteiger partial charge in [-0.2, -0.15) is 0 Å². The SMILES string of the molecule is CC(C)(C)C(=O)OC(=O)C(=O)C(C)(C)C.[CH3][Au][CH3]. The summed E-state index contributed by atoms with van der Waals surface area (Å²) in [6.45, 7) is 9.63. The van der Waals surface area contributed by atoms with Crippen molar-refractivity contribution in [3.05, 3.63) is 0 Å². The van der Waals surface area contributed by atoms with Gasteiger partial charge in [0, 0.05) is 5.41 Å². The van der Waals surface area contributed by atoms with E-state index in [1.807, 2.05) is 0 Å². The maximum absolute atomic E-state index is 11.4. The second kappa shape index (κ2) is 7.87. The summed E-state index contributed by atoms with van der Waals surface area (Å²) in [6, 6.07) is 0. The van der Waals surface area contributed by atoms with Crippen LogP contribution in [0.15, 0.2) is 0 Å². The van der Waals surface area contributed by atoms with Crippen molar-refractivity contribution in [3.8, 4) is 0 Å². The third-order valence-corrected chi connectivity index (χ3v) is 1.66. The zero-order valence-corrected chi connectivity index (χ0v) is 14.6. The Hall–Kier alpha value is -0.450. The van der Waals surface area contributed by atoms with Crippen molar-refractivity contribution in [2.75, 3.05) is 0 Å². The molecule has 0 aliphatic rings. The first-order chi connectivity index (χ1) is 7.87.